The number of hydrogen-bond donors (Lipinski definition) is 1. The molecule has 0 aliphatic heterocycles. The fourth-order valence-corrected chi connectivity index (χ4v) is 2.65. The molecule has 0 aliphatic rings. The average molecular weight is 296 g/mol. The van der Waals surface area contributed by atoms with Crippen LogP contribution in [0.25, 0.3) is 11.2 Å². The van der Waals surface area contributed by atoms with Crippen LogP contribution in [-0.2, 0) is 24.8 Å². The number of aromatic nitrogens is 4. The highest BCUT2D eigenvalue weighted by atomic mass is 32.1. The van der Waals surface area contributed by atoms with Crippen molar-refractivity contribution in [3.63, 3.8) is 0 Å². The van der Waals surface area contributed by atoms with E-state index in [0.717, 1.165) is 47.6 Å². The van der Waals surface area contributed by atoms with E-state index >= 15 is 0 Å². The minimum atomic E-state index is 0.557. The fraction of sp³-hybridized carbons (Fsp3) is 0.714. The van der Waals surface area contributed by atoms with Gasteiger partial charge in [-0.1, -0.05) is 27.2 Å². The van der Waals surface area contributed by atoms with Crippen LogP contribution in [0.5, 0.6) is 0 Å². The van der Waals surface area contributed by atoms with E-state index in [4.69, 9.17) is 17.0 Å². The van der Waals surface area contributed by atoms with Gasteiger partial charge in [-0.05, 0) is 24.6 Å². The van der Waals surface area contributed by atoms with Crippen LogP contribution in [-0.4, -0.2) is 32.5 Å². The molecular formula is C14H24N4OS. The fourth-order valence-electron chi connectivity index (χ4n) is 2.37. The molecule has 0 saturated carbocycles. The molecule has 2 aromatic heterocycles. The van der Waals surface area contributed by atoms with Crippen molar-refractivity contribution in [2.45, 2.75) is 40.2 Å². The Labute approximate surface area is 124 Å². The molecule has 2 heterocycles. The summed E-state index contributed by atoms with van der Waals surface area (Å²) in [5.74, 6) is 0.557. The molecule has 2 rings (SSSR count). The monoisotopic (exact) mass is 296 g/mol. The SMILES string of the molecule is CCCc1nn(C)c2c1[nH]c(=S)n2CCOCC(C)C. The molecule has 20 heavy (non-hydrogen) atoms. The Morgan fingerprint density at radius 3 is 2.80 bits per heavy atom. The predicted molar refractivity (Wildman–Crippen MR) is 83.5 cm³/mol. The van der Waals surface area contributed by atoms with Crippen molar-refractivity contribution in [1.82, 2.24) is 19.3 Å². The minimum Gasteiger partial charge on any atom is -0.379 e. The van der Waals surface area contributed by atoms with Gasteiger partial charge in [-0.25, -0.2) is 0 Å². The van der Waals surface area contributed by atoms with Crippen molar-refractivity contribution in [2.24, 2.45) is 13.0 Å². The van der Waals surface area contributed by atoms with Gasteiger partial charge in [-0.15, -0.1) is 0 Å². The summed E-state index contributed by atoms with van der Waals surface area (Å²) in [7, 11) is 1.97. The van der Waals surface area contributed by atoms with Crippen LogP contribution < -0.4 is 0 Å². The topological polar surface area (TPSA) is 47.8 Å². The zero-order chi connectivity index (χ0) is 14.7. The molecule has 0 aliphatic carbocycles. The van der Waals surface area contributed by atoms with E-state index in [1.807, 2.05) is 11.7 Å². The van der Waals surface area contributed by atoms with E-state index in [-0.39, 0.29) is 0 Å². The number of fused-ring (bicyclic) bond motifs is 1. The highest BCUT2D eigenvalue weighted by molar-refractivity contribution is 7.71. The maximum Gasteiger partial charge on any atom is 0.179 e. The lowest BCUT2D eigenvalue weighted by Crippen LogP contribution is -2.11. The molecule has 0 unspecified atom stereocenters. The summed E-state index contributed by atoms with van der Waals surface area (Å²) >= 11 is 5.42. The van der Waals surface area contributed by atoms with Crippen molar-refractivity contribution in [1.29, 1.82) is 0 Å². The number of imidazole rings is 1. The van der Waals surface area contributed by atoms with E-state index in [9.17, 15) is 0 Å². The summed E-state index contributed by atoms with van der Waals surface area (Å²) in [6.07, 6.45) is 2.05. The minimum absolute atomic E-state index is 0.557. The van der Waals surface area contributed by atoms with Gasteiger partial charge in [0.15, 0.2) is 10.4 Å². The van der Waals surface area contributed by atoms with Crippen molar-refractivity contribution in [3.8, 4) is 0 Å². The van der Waals surface area contributed by atoms with E-state index in [1.54, 1.807) is 0 Å². The van der Waals surface area contributed by atoms with Gasteiger partial charge < -0.3 is 9.72 Å². The highest BCUT2D eigenvalue weighted by Gasteiger charge is 2.14. The van der Waals surface area contributed by atoms with Crippen LogP contribution in [0.2, 0.25) is 0 Å². The van der Waals surface area contributed by atoms with Crippen LogP contribution >= 0.6 is 12.2 Å². The first-order chi connectivity index (χ1) is 9.54. The zero-order valence-electron chi connectivity index (χ0n) is 12.8. The van der Waals surface area contributed by atoms with Crippen molar-refractivity contribution in [3.05, 3.63) is 10.5 Å². The van der Waals surface area contributed by atoms with Gasteiger partial charge in [-0.3, -0.25) is 9.25 Å². The smallest absolute Gasteiger partial charge is 0.179 e. The Morgan fingerprint density at radius 2 is 2.15 bits per heavy atom. The van der Waals surface area contributed by atoms with Crippen molar-refractivity contribution < 1.29 is 4.74 Å². The quantitative estimate of drug-likeness (QED) is 0.631. The lowest BCUT2D eigenvalue weighted by atomic mass is 10.2. The number of rotatable bonds is 7. The van der Waals surface area contributed by atoms with Crippen LogP contribution in [0.1, 0.15) is 32.9 Å². The lowest BCUT2D eigenvalue weighted by Gasteiger charge is -2.08. The molecule has 5 nitrogen and oxygen atoms in total. The first-order valence-corrected chi connectivity index (χ1v) is 7.67. The first-order valence-electron chi connectivity index (χ1n) is 7.26. The molecule has 2 aromatic rings. The van der Waals surface area contributed by atoms with Crippen LogP contribution in [0.3, 0.4) is 0 Å². The third-order valence-corrected chi connectivity index (χ3v) is 3.54. The zero-order valence-corrected chi connectivity index (χ0v) is 13.6. The van der Waals surface area contributed by atoms with Gasteiger partial charge in [0.1, 0.15) is 5.52 Å². The van der Waals surface area contributed by atoms with E-state index in [2.05, 4.69) is 35.4 Å². The molecule has 0 radical (unpaired) electrons. The normalized spacial score (nSPS) is 11.8. The van der Waals surface area contributed by atoms with Crippen LogP contribution in [0, 0.1) is 10.7 Å². The standard InChI is InChI=1S/C14H24N4OS/c1-5-6-11-12-13(17(4)16-11)18(14(20)15-12)7-8-19-9-10(2)3/h10H,5-9H2,1-4H3,(H,15,20). The maximum absolute atomic E-state index is 5.66. The predicted octanol–water partition coefficient (Wildman–Crippen LogP) is 3.06. The summed E-state index contributed by atoms with van der Waals surface area (Å²) in [5, 5.41) is 4.58. The van der Waals surface area contributed by atoms with Crippen LogP contribution in [0.15, 0.2) is 0 Å². The summed E-state index contributed by atoms with van der Waals surface area (Å²) < 4.78 is 10.4. The van der Waals surface area contributed by atoms with Gasteiger partial charge in [0.05, 0.1) is 18.8 Å². The number of nitrogens with zero attached hydrogens (tertiary/aromatic N) is 3. The number of hydrogen-bond acceptors (Lipinski definition) is 3. The molecule has 0 fully saturated rings. The first kappa shape index (κ1) is 15.3. The van der Waals surface area contributed by atoms with Gasteiger partial charge in [-0.2, -0.15) is 5.10 Å². The molecule has 0 aromatic carbocycles. The Kier molecular flexibility index (Phi) is 4.99. The molecule has 1 N–H and O–H groups in total. The summed E-state index contributed by atoms with van der Waals surface area (Å²) in [6, 6.07) is 0. The van der Waals surface area contributed by atoms with Crippen molar-refractivity contribution in [2.75, 3.05) is 13.2 Å². The van der Waals surface area contributed by atoms with Gasteiger partial charge in [0.25, 0.3) is 0 Å². The van der Waals surface area contributed by atoms with Gasteiger partial charge in [0.2, 0.25) is 0 Å². The summed E-state index contributed by atoms with van der Waals surface area (Å²) in [4.78, 5) is 3.29. The Hall–Kier alpha value is -1.14. The van der Waals surface area contributed by atoms with Gasteiger partial charge >= 0.3 is 0 Å². The molecule has 0 amide bonds. The molecule has 0 atom stereocenters. The Bertz CT molecular complexity index is 623. The molecular weight excluding hydrogens is 272 g/mol. The Morgan fingerprint density at radius 1 is 1.40 bits per heavy atom. The van der Waals surface area contributed by atoms with E-state index < -0.39 is 0 Å². The van der Waals surface area contributed by atoms with Crippen molar-refractivity contribution >= 4 is 23.4 Å². The second kappa shape index (κ2) is 6.54. The summed E-state index contributed by atoms with van der Waals surface area (Å²) in [5.41, 5.74) is 3.23. The van der Waals surface area contributed by atoms with Gasteiger partial charge in [0, 0.05) is 13.7 Å². The molecule has 0 saturated heterocycles. The number of nitrogens with one attached hydrogen (secondary N) is 1. The lowest BCUT2D eigenvalue weighted by molar-refractivity contribution is 0.103. The highest BCUT2D eigenvalue weighted by Crippen LogP contribution is 2.18. The number of aryl methyl sites for hydroxylation is 2. The third kappa shape index (κ3) is 3.12. The molecule has 112 valence electrons. The molecule has 6 heteroatoms. The number of H-pyrrole nitrogens is 1. The number of aromatic amines is 1. The maximum atomic E-state index is 5.66. The largest absolute Gasteiger partial charge is 0.379 e. The average Bonchev–Trinajstić information content (AvgIpc) is 2.85. The number of ether oxygens (including phenoxy) is 1. The van der Waals surface area contributed by atoms with Crippen LogP contribution in [0.4, 0.5) is 0 Å². The van der Waals surface area contributed by atoms with E-state index in [1.165, 1.54) is 0 Å². The second-order valence-corrected chi connectivity index (χ2v) is 5.96. The third-order valence-electron chi connectivity index (χ3n) is 3.22. The summed E-state index contributed by atoms with van der Waals surface area (Å²) in [6.45, 7) is 8.68. The Balaban J connectivity index is 2.20. The molecule has 0 bridgehead atoms. The molecule has 0 spiro atoms. The second-order valence-electron chi connectivity index (χ2n) is 5.57. The van der Waals surface area contributed by atoms with E-state index in [0.29, 0.717) is 12.5 Å².